The monoisotopic (exact) mass is 429 g/mol. The summed E-state index contributed by atoms with van der Waals surface area (Å²) < 4.78 is 23.9. The molecule has 1 heterocycles. The Hall–Kier alpha value is -3.29. The van der Waals surface area contributed by atoms with Crippen molar-refractivity contribution in [2.45, 2.75) is 26.2 Å². The van der Waals surface area contributed by atoms with Gasteiger partial charge in [-0.25, -0.2) is 4.58 Å². The Morgan fingerprint density at radius 2 is 1.68 bits per heavy atom. The molecule has 8 heteroatoms. The molecule has 0 atom stereocenters. The smallest absolute Gasteiger partial charge is 0.318 e. The Balaban J connectivity index is 2.18. The number of benzene rings is 2. The van der Waals surface area contributed by atoms with Crippen molar-refractivity contribution in [1.29, 1.82) is 0 Å². The second kappa shape index (κ2) is 9.68. The van der Waals surface area contributed by atoms with Gasteiger partial charge in [-0.3, -0.25) is 10.1 Å². The first-order valence-electron chi connectivity index (χ1n) is 10.2. The van der Waals surface area contributed by atoms with E-state index < -0.39 is 4.92 Å². The van der Waals surface area contributed by atoms with E-state index in [2.05, 4.69) is 11.5 Å². The number of hydrogen-bond acceptors (Lipinski definition) is 6. The Morgan fingerprint density at radius 3 is 2.26 bits per heavy atom. The Morgan fingerprint density at radius 1 is 1.00 bits per heavy atom. The lowest BCUT2D eigenvalue weighted by Crippen LogP contribution is -2.32. The van der Waals surface area contributed by atoms with Gasteiger partial charge in [0.1, 0.15) is 13.1 Å². The molecule has 0 fully saturated rings. The molecule has 0 aromatic heterocycles. The average molecular weight is 429 g/mol. The summed E-state index contributed by atoms with van der Waals surface area (Å²) in [6.45, 7) is 3.83. The van der Waals surface area contributed by atoms with Crippen LogP contribution in [0.25, 0.3) is 0 Å². The molecule has 0 saturated carbocycles. The van der Waals surface area contributed by atoms with Crippen molar-refractivity contribution in [1.82, 2.24) is 0 Å². The number of methoxy groups -OCH3 is 4. The van der Waals surface area contributed by atoms with E-state index in [1.54, 1.807) is 26.4 Å². The van der Waals surface area contributed by atoms with Crippen LogP contribution in [-0.4, -0.2) is 56.7 Å². The van der Waals surface area contributed by atoms with E-state index in [4.69, 9.17) is 18.9 Å². The fraction of sp³-hybridized carbons (Fsp3) is 0.435. The minimum absolute atomic E-state index is 0.0709. The zero-order valence-corrected chi connectivity index (χ0v) is 18.7. The minimum Gasteiger partial charge on any atom is -0.493 e. The van der Waals surface area contributed by atoms with Gasteiger partial charge in [-0.1, -0.05) is 6.92 Å². The lowest BCUT2D eigenvalue weighted by molar-refractivity contribution is -0.529. The number of rotatable bonds is 9. The van der Waals surface area contributed by atoms with E-state index in [0.29, 0.717) is 29.2 Å². The van der Waals surface area contributed by atoms with Crippen LogP contribution in [0.15, 0.2) is 24.3 Å². The van der Waals surface area contributed by atoms with Crippen LogP contribution in [0.4, 0.5) is 5.69 Å². The molecular weight excluding hydrogens is 400 g/mol. The molecule has 0 N–H and O–H groups in total. The van der Waals surface area contributed by atoms with Crippen LogP contribution < -0.4 is 18.9 Å². The van der Waals surface area contributed by atoms with Gasteiger partial charge in [0.2, 0.25) is 5.75 Å². The van der Waals surface area contributed by atoms with Crippen LogP contribution >= 0.6 is 0 Å². The van der Waals surface area contributed by atoms with Crippen molar-refractivity contribution in [2.24, 2.45) is 0 Å². The molecule has 0 bridgehead atoms. The van der Waals surface area contributed by atoms with Gasteiger partial charge < -0.3 is 18.9 Å². The molecule has 0 saturated heterocycles. The van der Waals surface area contributed by atoms with Crippen LogP contribution in [0.2, 0.25) is 0 Å². The lowest BCUT2D eigenvalue weighted by atomic mass is 9.91. The van der Waals surface area contributed by atoms with Gasteiger partial charge >= 0.3 is 5.69 Å². The van der Waals surface area contributed by atoms with E-state index in [0.717, 1.165) is 42.8 Å². The number of nitro groups is 1. The van der Waals surface area contributed by atoms with Gasteiger partial charge in [0.05, 0.1) is 39.8 Å². The number of hydrogen-bond donors (Lipinski definition) is 0. The predicted molar refractivity (Wildman–Crippen MR) is 118 cm³/mol. The molecular formula is C23H29N2O6+. The summed E-state index contributed by atoms with van der Waals surface area (Å²) in [4.78, 5) is 11.6. The molecule has 0 aliphatic carbocycles. The molecule has 0 radical (unpaired) electrons. The molecule has 0 unspecified atom stereocenters. The molecule has 31 heavy (non-hydrogen) atoms. The first-order chi connectivity index (χ1) is 15.0. The summed E-state index contributed by atoms with van der Waals surface area (Å²) in [6, 6.07) is 7.42. The highest BCUT2D eigenvalue weighted by Crippen LogP contribution is 2.40. The van der Waals surface area contributed by atoms with Crippen molar-refractivity contribution < 1.29 is 28.4 Å². The Labute approximate surface area is 182 Å². The number of nitro benzene ring substituents is 1. The standard InChI is InChI=1S/C23H29N2O6/c1-6-10-24-11-9-15-13-20(29-3)21(30-4)14-17(15)18(24)12-16-7-8-19(28-2)23(31-5)22(16)25(26)27/h7-8,13-14H,6,9-12H2,1-5H3/q+1. The lowest BCUT2D eigenvalue weighted by Gasteiger charge is -2.21. The average Bonchev–Trinajstić information content (AvgIpc) is 2.78. The first kappa shape index (κ1) is 22.4. The Kier molecular flexibility index (Phi) is 6.99. The van der Waals surface area contributed by atoms with Gasteiger partial charge in [0, 0.05) is 24.0 Å². The van der Waals surface area contributed by atoms with Crippen LogP contribution in [0.5, 0.6) is 23.0 Å². The van der Waals surface area contributed by atoms with Crippen molar-refractivity contribution in [3.05, 3.63) is 51.1 Å². The quantitative estimate of drug-likeness (QED) is 0.344. The van der Waals surface area contributed by atoms with Gasteiger partial charge in [0.25, 0.3) is 0 Å². The second-order valence-electron chi connectivity index (χ2n) is 7.29. The number of ether oxygens (including phenoxy) is 4. The third-order valence-electron chi connectivity index (χ3n) is 5.59. The van der Waals surface area contributed by atoms with E-state index in [9.17, 15) is 10.1 Å². The van der Waals surface area contributed by atoms with Crippen LogP contribution in [0.3, 0.4) is 0 Å². The summed E-state index contributed by atoms with van der Waals surface area (Å²) in [7, 11) is 6.11. The minimum atomic E-state index is -0.403. The van der Waals surface area contributed by atoms with E-state index in [1.165, 1.54) is 14.2 Å². The zero-order valence-electron chi connectivity index (χ0n) is 18.7. The second-order valence-corrected chi connectivity index (χ2v) is 7.29. The summed E-state index contributed by atoms with van der Waals surface area (Å²) in [6.07, 6.45) is 2.23. The molecule has 8 nitrogen and oxygen atoms in total. The molecule has 166 valence electrons. The van der Waals surface area contributed by atoms with Gasteiger partial charge in [-0.2, -0.15) is 0 Å². The zero-order chi connectivity index (χ0) is 22.5. The number of fused-ring (bicyclic) bond motifs is 1. The van der Waals surface area contributed by atoms with Crippen molar-refractivity contribution >= 4 is 11.4 Å². The highest BCUT2D eigenvalue weighted by Gasteiger charge is 2.32. The maximum absolute atomic E-state index is 12.0. The van der Waals surface area contributed by atoms with Crippen molar-refractivity contribution in [2.75, 3.05) is 41.5 Å². The summed E-state index contributed by atoms with van der Waals surface area (Å²) in [5, 5.41) is 12.0. The normalized spacial score (nSPS) is 12.9. The summed E-state index contributed by atoms with van der Waals surface area (Å²) in [5.74, 6) is 1.79. The van der Waals surface area contributed by atoms with E-state index >= 15 is 0 Å². The molecule has 0 spiro atoms. The largest absolute Gasteiger partial charge is 0.493 e. The highest BCUT2D eigenvalue weighted by molar-refractivity contribution is 6.01. The van der Waals surface area contributed by atoms with Gasteiger partial charge in [-0.05, 0) is 29.8 Å². The summed E-state index contributed by atoms with van der Waals surface area (Å²) >= 11 is 0. The molecule has 1 aliphatic rings. The fourth-order valence-electron chi connectivity index (χ4n) is 4.16. The molecule has 2 aromatic rings. The molecule has 2 aromatic carbocycles. The van der Waals surface area contributed by atoms with Gasteiger partial charge in [0.15, 0.2) is 23.0 Å². The Bertz CT molecular complexity index is 1020. The molecule has 1 aliphatic heterocycles. The number of nitrogens with zero attached hydrogens (tertiary/aromatic N) is 2. The van der Waals surface area contributed by atoms with Crippen molar-refractivity contribution in [3.63, 3.8) is 0 Å². The topological polar surface area (TPSA) is 83.1 Å². The SMILES string of the molecule is CCC[N+]1=C(Cc2ccc(OC)c(OC)c2[N+](=O)[O-])c2cc(OC)c(OC)cc2CC1. The van der Waals surface area contributed by atoms with Crippen LogP contribution in [-0.2, 0) is 12.8 Å². The third-order valence-corrected chi connectivity index (χ3v) is 5.59. The molecule has 3 rings (SSSR count). The molecule has 0 amide bonds. The van der Waals surface area contributed by atoms with Crippen molar-refractivity contribution in [3.8, 4) is 23.0 Å². The van der Waals surface area contributed by atoms with E-state index in [-0.39, 0.29) is 11.4 Å². The maximum atomic E-state index is 12.0. The maximum Gasteiger partial charge on any atom is 0.318 e. The van der Waals surface area contributed by atoms with Crippen LogP contribution in [0.1, 0.15) is 30.0 Å². The predicted octanol–water partition coefficient (Wildman–Crippen LogP) is 3.64. The van der Waals surface area contributed by atoms with Crippen LogP contribution in [0, 0.1) is 10.1 Å². The van der Waals surface area contributed by atoms with E-state index in [1.807, 2.05) is 12.1 Å². The highest BCUT2D eigenvalue weighted by atomic mass is 16.6. The third kappa shape index (κ3) is 4.28. The van der Waals surface area contributed by atoms with Gasteiger partial charge in [-0.15, -0.1) is 0 Å². The first-order valence-corrected chi connectivity index (χ1v) is 10.2. The summed E-state index contributed by atoms with van der Waals surface area (Å²) in [5.41, 5.74) is 3.70. The fourth-order valence-corrected chi connectivity index (χ4v) is 4.16.